The Labute approximate surface area is 113 Å². The van der Waals surface area contributed by atoms with Gasteiger partial charge in [0.15, 0.2) is 0 Å². The van der Waals surface area contributed by atoms with Gasteiger partial charge in [0.2, 0.25) is 10.0 Å². The van der Waals surface area contributed by atoms with E-state index in [0.29, 0.717) is 41.4 Å². The van der Waals surface area contributed by atoms with Gasteiger partial charge in [0.05, 0.1) is 4.90 Å². The maximum Gasteiger partial charge on any atom is 0.243 e. The Bertz CT molecular complexity index is 537. The molecule has 0 unspecified atom stereocenters. The van der Waals surface area contributed by atoms with E-state index >= 15 is 0 Å². The normalized spacial score (nSPS) is 19.1. The van der Waals surface area contributed by atoms with E-state index < -0.39 is 10.0 Å². The number of hydrogen-bond donors (Lipinski definition) is 1. The van der Waals surface area contributed by atoms with Crippen molar-refractivity contribution in [1.82, 2.24) is 4.31 Å². The summed E-state index contributed by atoms with van der Waals surface area (Å²) in [5.74, 6) is 0. The Balaban J connectivity index is 2.33. The average molecular weight is 289 g/mol. The molecule has 0 radical (unpaired) electrons. The van der Waals surface area contributed by atoms with E-state index in [9.17, 15) is 8.42 Å². The summed E-state index contributed by atoms with van der Waals surface area (Å²) in [4.78, 5) is 0.297. The molecular weight excluding hydrogens is 272 g/mol. The summed E-state index contributed by atoms with van der Waals surface area (Å²) in [7, 11) is -3.45. The van der Waals surface area contributed by atoms with Gasteiger partial charge in [-0.3, -0.25) is 0 Å². The number of sulfonamides is 1. The molecular formula is C12H17ClN2O2S. The van der Waals surface area contributed by atoms with Gasteiger partial charge in [-0.25, -0.2) is 8.42 Å². The van der Waals surface area contributed by atoms with Crippen molar-refractivity contribution in [1.29, 1.82) is 0 Å². The fourth-order valence-corrected chi connectivity index (χ4v) is 4.06. The summed E-state index contributed by atoms with van der Waals surface area (Å²) >= 11 is 5.88. The van der Waals surface area contributed by atoms with Crippen LogP contribution in [0.4, 0.5) is 0 Å². The smallest absolute Gasteiger partial charge is 0.243 e. The zero-order valence-electron chi connectivity index (χ0n) is 10.3. The molecule has 0 aromatic heterocycles. The molecule has 0 bridgehead atoms. The SMILES string of the molecule is Cc1ccc(Cl)cc1S(=O)(=O)N1CCC(N)CC1. The fraction of sp³-hybridized carbons (Fsp3) is 0.500. The summed E-state index contributed by atoms with van der Waals surface area (Å²) in [6.45, 7) is 2.74. The molecule has 0 saturated carbocycles. The minimum absolute atomic E-state index is 0.108. The first-order valence-corrected chi connectivity index (χ1v) is 7.75. The first-order valence-electron chi connectivity index (χ1n) is 5.93. The highest BCUT2D eigenvalue weighted by Crippen LogP contribution is 2.25. The molecule has 4 nitrogen and oxygen atoms in total. The molecule has 0 spiro atoms. The van der Waals surface area contributed by atoms with Crippen molar-refractivity contribution in [3.8, 4) is 0 Å². The van der Waals surface area contributed by atoms with Gasteiger partial charge in [-0.05, 0) is 37.5 Å². The van der Waals surface area contributed by atoms with E-state index in [1.165, 1.54) is 10.4 Å². The largest absolute Gasteiger partial charge is 0.328 e. The van der Waals surface area contributed by atoms with Crippen LogP contribution < -0.4 is 5.73 Å². The van der Waals surface area contributed by atoms with Gasteiger partial charge >= 0.3 is 0 Å². The van der Waals surface area contributed by atoms with Crippen LogP contribution in [0.25, 0.3) is 0 Å². The maximum absolute atomic E-state index is 12.5. The van der Waals surface area contributed by atoms with E-state index in [4.69, 9.17) is 17.3 Å². The van der Waals surface area contributed by atoms with Gasteiger partial charge in [-0.2, -0.15) is 4.31 Å². The number of nitrogens with two attached hydrogens (primary N) is 1. The number of piperidine rings is 1. The average Bonchev–Trinajstić information content (AvgIpc) is 2.32. The molecule has 2 rings (SSSR count). The van der Waals surface area contributed by atoms with E-state index in [1.807, 2.05) is 0 Å². The van der Waals surface area contributed by atoms with Crippen molar-refractivity contribution < 1.29 is 8.42 Å². The highest BCUT2D eigenvalue weighted by Gasteiger charge is 2.29. The van der Waals surface area contributed by atoms with Crippen molar-refractivity contribution in [2.24, 2.45) is 5.73 Å². The topological polar surface area (TPSA) is 63.4 Å². The molecule has 6 heteroatoms. The molecule has 1 fully saturated rings. The Hall–Kier alpha value is -0.620. The lowest BCUT2D eigenvalue weighted by Crippen LogP contribution is -2.42. The van der Waals surface area contributed by atoms with Crippen LogP contribution >= 0.6 is 11.6 Å². The Morgan fingerprint density at radius 1 is 1.33 bits per heavy atom. The van der Waals surface area contributed by atoms with Gasteiger partial charge in [0.25, 0.3) is 0 Å². The van der Waals surface area contributed by atoms with E-state index in [2.05, 4.69) is 0 Å². The van der Waals surface area contributed by atoms with E-state index in [0.717, 1.165) is 0 Å². The molecule has 2 N–H and O–H groups in total. The number of halogens is 1. The molecule has 1 aliphatic rings. The summed E-state index contributed by atoms with van der Waals surface area (Å²) in [5, 5.41) is 0.438. The van der Waals surface area contributed by atoms with Crippen LogP contribution in [0.15, 0.2) is 23.1 Å². The number of aryl methyl sites for hydroxylation is 1. The zero-order chi connectivity index (χ0) is 13.3. The van der Waals surface area contributed by atoms with E-state index in [-0.39, 0.29) is 6.04 Å². The van der Waals surface area contributed by atoms with Crippen molar-refractivity contribution in [2.45, 2.75) is 30.7 Å². The predicted molar refractivity (Wildman–Crippen MR) is 72.2 cm³/mol. The lowest BCUT2D eigenvalue weighted by atomic mass is 10.1. The molecule has 0 amide bonds. The van der Waals surface area contributed by atoms with Crippen LogP contribution in [-0.2, 0) is 10.0 Å². The van der Waals surface area contributed by atoms with Crippen LogP contribution in [0.3, 0.4) is 0 Å². The van der Waals surface area contributed by atoms with Gasteiger partial charge in [0.1, 0.15) is 0 Å². The quantitative estimate of drug-likeness (QED) is 0.902. The third-order valence-corrected chi connectivity index (χ3v) is 5.54. The van der Waals surface area contributed by atoms with Crippen molar-refractivity contribution >= 4 is 21.6 Å². The highest BCUT2D eigenvalue weighted by atomic mass is 35.5. The monoisotopic (exact) mass is 288 g/mol. The minimum atomic E-state index is -3.45. The fourth-order valence-electron chi connectivity index (χ4n) is 2.11. The Kier molecular flexibility index (Phi) is 3.96. The maximum atomic E-state index is 12.5. The highest BCUT2D eigenvalue weighted by molar-refractivity contribution is 7.89. The molecule has 0 aliphatic carbocycles. The van der Waals surface area contributed by atoms with Crippen molar-refractivity contribution in [3.05, 3.63) is 28.8 Å². The second-order valence-electron chi connectivity index (χ2n) is 4.65. The van der Waals surface area contributed by atoms with E-state index in [1.54, 1.807) is 19.1 Å². The van der Waals surface area contributed by atoms with Crippen LogP contribution in [0.5, 0.6) is 0 Å². The molecule has 1 aliphatic heterocycles. The molecule has 1 aromatic rings. The number of rotatable bonds is 2. The zero-order valence-corrected chi connectivity index (χ0v) is 11.8. The first-order chi connectivity index (χ1) is 8.41. The van der Waals surface area contributed by atoms with Gasteiger partial charge in [0, 0.05) is 24.2 Å². The minimum Gasteiger partial charge on any atom is -0.328 e. The van der Waals surface area contributed by atoms with Crippen LogP contribution in [-0.4, -0.2) is 31.9 Å². The third-order valence-electron chi connectivity index (χ3n) is 3.27. The summed E-state index contributed by atoms with van der Waals surface area (Å²) < 4.78 is 26.5. The van der Waals surface area contributed by atoms with Gasteiger partial charge < -0.3 is 5.73 Å². The van der Waals surface area contributed by atoms with Crippen LogP contribution in [0, 0.1) is 6.92 Å². The molecule has 100 valence electrons. The molecule has 1 heterocycles. The molecule has 0 atom stereocenters. The molecule has 1 saturated heterocycles. The summed E-state index contributed by atoms with van der Waals surface area (Å²) in [5.41, 5.74) is 6.51. The first kappa shape index (κ1) is 13.8. The molecule has 1 aromatic carbocycles. The summed E-state index contributed by atoms with van der Waals surface area (Å²) in [6, 6.07) is 5.05. The third kappa shape index (κ3) is 2.69. The summed E-state index contributed by atoms with van der Waals surface area (Å²) in [6.07, 6.45) is 1.41. The standard InChI is InChI=1S/C12H17ClN2O2S/c1-9-2-3-10(13)8-12(9)18(16,17)15-6-4-11(14)5-7-15/h2-3,8,11H,4-7,14H2,1H3. The van der Waals surface area contributed by atoms with Crippen LogP contribution in [0.2, 0.25) is 5.02 Å². The van der Waals surface area contributed by atoms with Crippen LogP contribution in [0.1, 0.15) is 18.4 Å². The number of hydrogen-bond acceptors (Lipinski definition) is 3. The second-order valence-corrected chi connectivity index (χ2v) is 6.99. The Morgan fingerprint density at radius 3 is 2.56 bits per heavy atom. The van der Waals surface area contributed by atoms with Crippen molar-refractivity contribution in [3.63, 3.8) is 0 Å². The van der Waals surface area contributed by atoms with Gasteiger partial charge in [-0.1, -0.05) is 17.7 Å². The number of nitrogens with zero attached hydrogens (tertiary/aromatic N) is 1. The lowest BCUT2D eigenvalue weighted by molar-refractivity contribution is 0.320. The molecule has 18 heavy (non-hydrogen) atoms. The van der Waals surface area contributed by atoms with Crippen molar-refractivity contribution in [2.75, 3.05) is 13.1 Å². The second kappa shape index (κ2) is 5.17. The lowest BCUT2D eigenvalue weighted by Gasteiger charge is -2.29. The Morgan fingerprint density at radius 2 is 1.94 bits per heavy atom. The van der Waals surface area contributed by atoms with Gasteiger partial charge in [-0.15, -0.1) is 0 Å². The number of benzene rings is 1. The predicted octanol–water partition coefficient (Wildman–Crippen LogP) is 1.76.